The summed E-state index contributed by atoms with van der Waals surface area (Å²) in [5.41, 5.74) is 5.59. The standard InChI is InChI=1S/C40H73N3O2/c1-3-5-7-9-11-13-15-17-19-21-23-25-27-29-31-33-35-42-38(41)37-39(44)43(40(42)45)36-34-32-30-28-26-24-22-20-18-16-14-12-10-8-6-4-2/h17-20,37H,3-16,21-36,41H2,1-2H3/b19-17-,20-18-. The maximum Gasteiger partial charge on any atom is 0.332 e. The van der Waals surface area contributed by atoms with Crippen molar-refractivity contribution in [1.82, 2.24) is 9.13 Å². The molecule has 0 spiro atoms. The summed E-state index contributed by atoms with van der Waals surface area (Å²) in [6.07, 6.45) is 44.5. The van der Waals surface area contributed by atoms with Crippen molar-refractivity contribution in [2.24, 2.45) is 0 Å². The highest BCUT2D eigenvalue weighted by atomic mass is 16.2. The molecule has 5 nitrogen and oxygen atoms in total. The Morgan fingerprint density at radius 1 is 0.467 bits per heavy atom. The molecule has 0 aromatic carbocycles. The molecule has 0 saturated heterocycles. The number of aromatic nitrogens is 2. The zero-order valence-electron chi connectivity index (χ0n) is 29.9. The van der Waals surface area contributed by atoms with E-state index in [1.807, 2.05) is 0 Å². The predicted molar refractivity (Wildman–Crippen MR) is 198 cm³/mol. The third-order valence-electron chi connectivity index (χ3n) is 9.10. The molecule has 0 bridgehead atoms. The number of anilines is 1. The molecule has 1 rings (SSSR count). The van der Waals surface area contributed by atoms with Gasteiger partial charge in [0.25, 0.3) is 5.56 Å². The van der Waals surface area contributed by atoms with Gasteiger partial charge in [0.15, 0.2) is 0 Å². The fraction of sp³-hybridized carbons (Fsp3) is 0.800. The molecule has 1 aromatic heterocycles. The molecule has 5 heteroatoms. The van der Waals surface area contributed by atoms with Crippen molar-refractivity contribution >= 4 is 5.82 Å². The minimum absolute atomic E-state index is 0.236. The van der Waals surface area contributed by atoms with Gasteiger partial charge in [0, 0.05) is 19.2 Å². The topological polar surface area (TPSA) is 70.0 Å². The monoisotopic (exact) mass is 628 g/mol. The van der Waals surface area contributed by atoms with E-state index in [0.717, 1.165) is 32.1 Å². The van der Waals surface area contributed by atoms with E-state index in [2.05, 4.69) is 38.2 Å². The Bertz CT molecular complexity index is 975. The van der Waals surface area contributed by atoms with E-state index in [1.165, 1.54) is 158 Å². The number of unbranched alkanes of at least 4 members (excludes halogenated alkanes) is 24. The number of hydrogen-bond acceptors (Lipinski definition) is 3. The third-order valence-corrected chi connectivity index (χ3v) is 9.10. The molecule has 2 N–H and O–H groups in total. The van der Waals surface area contributed by atoms with Crippen LogP contribution in [0.25, 0.3) is 0 Å². The van der Waals surface area contributed by atoms with Crippen molar-refractivity contribution in [3.05, 3.63) is 51.2 Å². The molecule has 0 aliphatic carbocycles. The Labute approximate surface area is 278 Å². The van der Waals surface area contributed by atoms with E-state index < -0.39 is 0 Å². The van der Waals surface area contributed by atoms with Gasteiger partial charge < -0.3 is 5.73 Å². The Morgan fingerprint density at radius 3 is 1.16 bits per heavy atom. The first kappa shape index (κ1) is 41.0. The van der Waals surface area contributed by atoms with E-state index in [4.69, 9.17) is 5.73 Å². The minimum atomic E-state index is -0.262. The molecule has 45 heavy (non-hydrogen) atoms. The van der Waals surface area contributed by atoms with Gasteiger partial charge in [-0.2, -0.15) is 0 Å². The van der Waals surface area contributed by atoms with Crippen LogP contribution in [-0.2, 0) is 13.1 Å². The van der Waals surface area contributed by atoms with Crippen LogP contribution in [-0.4, -0.2) is 9.13 Å². The number of allylic oxidation sites excluding steroid dienone is 4. The molecule has 0 amide bonds. The van der Waals surface area contributed by atoms with E-state index in [-0.39, 0.29) is 11.2 Å². The quantitative estimate of drug-likeness (QED) is 0.0638. The zero-order valence-corrected chi connectivity index (χ0v) is 29.9. The van der Waals surface area contributed by atoms with Gasteiger partial charge in [-0.05, 0) is 64.2 Å². The second-order valence-corrected chi connectivity index (χ2v) is 13.4. The lowest BCUT2D eigenvalue weighted by Gasteiger charge is -2.13. The van der Waals surface area contributed by atoms with Gasteiger partial charge in [0.2, 0.25) is 0 Å². The molecule has 0 unspecified atom stereocenters. The molecule has 1 aromatic rings. The van der Waals surface area contributed by atoms with Gasteiger partial charge in [-0.25, -0.2) is 4.79 Å². The van der Waals surface area contributed by atoms with Gasteiger partial charge >= 0.3 is 5.69 Å². The Morgan fingerprint density at radius 2 is 0.778 bits per heavy atom. The molecular weight excluding hydrogens is 554 g/mol. The Kier molecular flexibility index (Phi) is 27.9. The van der Waals surface area contributed by atoms with E-state index >= 15 is 0 Å². The lowest BCUT2D eigenvalue weighted by molar-refractivity contribution is 0.492. The van der Waals surface area contributed by atoms with E-state index in [1.54, 1.807) is 4.57 Å². The van der Waals surface area contributed by atoms with E-state index in [9.17, 15) is 9.59 Å². The average molecular weight is 628 g/mol. The summed E-state index contributed by atoms with van der Waals surface area (Å²) >= 11 is 0. The summed E-state index contributed by atoms with van der Waals surface area (Å²) in [6, 6.07) is 1.43. The van der Waals surface area contributed by atoms with Crippen LogP contribution in [0.3, 0.4) is 0 Å². The number of nitrogens with two attached hydrogens (primary N) is 1. The second kappa shape index (κ2) is 30.6. The SMILES string of the molecule is CCCCCCCC/C=C\CCCCCCCCn1c(N)cc(=O)n(CCCCCCCC/C=C\CCCCCCCC)c1=O. The lowest BCUT2D eigenvalue weighted by atomic mass is 10.1. The predicted octanol–water partition coefficient (Wildman–Crippen LogP) is 11.7. The number of nitrogen functional groups attached to an aromatic ring is 1. The van der Waals surface area contributed by atoms with Gasteiger partial charge in [-0.1, -0.05) is 154 Å². The maximum atomic E-state index is 13.0. The molecule has 1 heterocycles. The van der Waals surface area contributed by atoms with Gasteiger partial charge in [-0.3, -0.25) is 13.9 Å². The van der Waals surface area contributed by atoms with Gasteiger partial charge in [-0.15, -0.1) is 0 Å². The molecule has 260 valence electrons. The van der Waals surface area contributed by atoms with Crippen LogP contribution in [0.1, 0.15) is 194 Å². The fourth-order valence-corrected chi connectivity index (χ4v) is 6.10. The van der Waals surface area contributed by atoms with Crippen molar-refractivity contribution in [2.45, 2.75) is 207 Å². The fourth-order valence-electron chi connectivity index (χ4n) is 6.10. The molecular formula is C40H73N3O2. The molecule has 0 saturated carbocycles. The molecule has 0 atom stereocenters. The lowest BCUT2D eigenvalue weighted by Crippen LogP contribution is -2.40. The normalized spacial score (nSPS) is 11.9. The smallest absolute Gasteiger partial charge is 0.332 e. The largest absolute Gasteiger partial charge is 0.385 e. The first-order valence-electron chi connectivity index (χ1n) is 19.5. The molecule has 0 fully saturated rings. The molecule has 0 aliphatic rings. The van der Waals surface area contributed by atoms with Crippen LogP contribution < -0.4 is 17.0 Å². The molecule has 0 aliphatic heterocycles. The van der Waals surface area contributed by atoms with Crippen molar-refractivity contribution in [3.63, 3.8) is 0 Å². The molecule has 0 radical (unpaired) electrons. The van der Waals surface area contributed by atoms with Crippen LogP contribution in [0.15, 0.2) is 40.0 Å². The van der Waals surface area contributed by atoms with Crippen molar-refractivity contribution in [3.8, 4) is 0 Å². The Hall–Kier alpha value is -2.04. The van der Waals surface area contributed by atoms with E-state index in [0.29, 0.717) is 18.9 Å². The second-order valence-electron chi connectivity index (χ2n) is 13.4. The third kappa shape index (κ3) is 23.0. The summed E-state index contributed by atoms with van der Waals surface area (Å²) in [6.45, 7) is 5.63. The average Bonchev–Trinajstić information content (AvgIpc) is 3.03. The maximum absolute atomic E-state index is 13.0. The van der Waals surface area contributed by atoms with Crippen LogP contribution in [0.2, 0.25) is 0 Å². The van der Waals surface area contributed by atoms with Crippen LogP contribution in [0.5, 0.6) is 0 Å². The number of rotatable bonds is 32. The Balaban J connectivity index is 2.11. The minimum Gasteiger partial charge on any atom is -0.385 e. The van der Waals surface area contributed by atoms with Crippen LogP contribution in [0.4, 0.5) is 5.82 Å². The summed E-state index contributed by atoms with van der Waals surface area (Å²) in [5.74, 6) is 0.301. The summed E-state index contributed by atoms with van der Waals surface area (Å²) in [4.78, 5) is 25.5. The highest BCUT2D eigenvalue weighted by Gasteiger charge is 2.09. The van der Waals surface area contributed by atoms with Gasteiger partial charge in [0.05, 0.1) is 0 Å². The van der Waals surface area contributed by atoms with Crippen molar-refractivity contribution < 1.29 is 0 Å². The number of nitrogens with zero attached hydrogens (tertiary/aromatic N) is 2. The first-order valence-corrected chi connectivity index (χ1v) is 19.5. The summed E-state index contributed by atoms with van der Waals surface area (Å²) in [7, 11) is 0. The van der Waals surface area contributed by atoms with Crippen LogP contribution in [0, 0.1) is 0 Å². The summed E-state index contributed by atoms with van der Waals surface area (Å²) in [5, 5.41) is 0. The highest BCUT2D eigenvalue weighted by molar-refractivity contribution is 5.26. The highest BCUT2D eigenvalue weighted by Crippen LogP contribution is 2.12. The number of hydrogen-bond donors (Lipinski definition) is 1. The van der Waals surface area contributed by atoms with Crippen LogP contribution >= 0.6 is 0 Å². The first-order chi connectivity index (χ1) is 22.1. The zero-order chi connectivity index (χ0) is 32.6. The summed E-state index contributed by atoms with van der Waals surface area (Å²) < 4.78 is 3.00. The van der Waals surface area contributed by atoms with Gasteiger partial charge in [0.1, 0.15) is 5.82 Å². The van der Waals surface area contributed by atoms with Crippen molar-refractivity contribution in [1.29, 1.82) is 0 Å². The van der Waals surface area contributed by atoms with Crippen molar-refractivity contribution in [2.75, 3.05) is 5.73 Å².